The molecule has 1 N–H and O–H groups in total. The molecule has 1 aromatic rings. The van der Waals surface area contributed by atoms with E-state index in [-0.39, 0.29) is 5.91 Å². The monoisotopic (exact) mass is 304 g/mol. The maximum absolute atomic E-state index is 11.9. The zero-order chi connectivity index (χ0) is 15.2. The predicted octanol–water partition coefficient (Wildman–Crippen LogP) is 2.45. The van der Waals surface area contributed by atoms with E-state index in [9.17, 15) is 4.79 Å². The maximum Gasteiger partial charge on any atom is 0.264 e. The molecule has 0 radical (unpaired) electrons. The van der Waals surface area contributed by atoms with Crippen molar-refractivity contribution in [2.75, 3.05) is 20.8 Å². The number of methoxy groups -OCH3 is 2. The average molecular weight is 304 g/mol. The number of amides is 1. The number of benzene rings is 1. The molecule has 5 nitrogen and oxygen atoms in total. The Balaban J connectivity index is 2.27. The molecular formula is C15H16N2O3S. The van der Waals surface area contributed by atoms with E-state index < -0.39 is 0 Å². The van der Waals surface area contributed by atoms with E-state index in [4.69, 9.17) is 9.47 Å². The van der Waals surface area contributed by atoms with Gasteiger partial charge in [-0.05, 0) is 30.0 Å². The molecule has 1 heterocycles. The van der Waals surface area contributed by atoms with Gasteiger partial charge in [0.1, 0.15) is 11.5 Å². The van der Waals surface area contributed by atoms with Gasteiger partial charge in [0.2, 0.25) is 0 Å². The second-order valence-electron chi connectivity index (χ2n) is 4.11. The van der Waals surface area contributed by atoms with Crippen molar-refractivity contribution in [3.05, 3.63) is 41.3 Å². The molecule has 1 fully saturated rings. The van der Waals surface area contributed by atoms with Crippen LogP contribution in [0.4, 0.5) is 0 Å². The van der Waals surface area contributed by atoms with Crippen LogP contribution < -0.4 is 14.8 Å². The van der Waals surface area contributed by atoms with Gasteiger partial charge in [0.15, 0.2) is 5.17 Å². The first-order valence-corrected chi connectivity index (χ1v) is 7.08. The summed E-state index contributed by atoms with van der Waals surface area (Å²) in [7, 11) is 3.17. The minimum absolute atomic E-state index is 0.166. The molecule has 0 bridgehead atoms. The van der Waals surface area contributed by atoms with Gasteiger partial charge in [-0.15, -0.1) is 6.58 Å². The second-order valence-corrected chi connectivity index (χ2v) is 5.14. The third-order valence-electron chi connectivity index (χ3n) is 2.74. The summed E-state index contributed by atoms with van der Waals surface area (Å²) in [6.07, 6.45) is 3.45. The van der Waals surface area contributed by atoms with E-state index in [1.165, 1.54) is 11.8 Å². The minimum atomic E-state index is -0.166. The SMILES string of the molecule is C=CCN=C1NC(=O)/C(=C/c2ccc(OC)cc2OC)S1. The number of carbonyl (C=O) groups is 1. The van der Waals surface area contributed by atoms with Crippen molar-refractivity contribution in [2.45, 2.75) is 0 Å². The fraction of sp³-hybridized carbons (Fsp3) is 0.200. The summed E-state index contributed by atoms with van der Waals surface area (Å²) in [5.41, 5.74) is 0.806. The van der Waals surface area contributed by atoms with Crippen LogP contribution in [0.1, 0.15) is 5.56 Å². The van der Waals surface area contributed by atoms with Gasteiger partial charge in [-0.1, -0.05) is 6.08 Å². The van der Waals surface area contributed by atoms with Crippen molar-refractivity contribution >= 4 is 28.9 Å². The Bertz CT molecular complexity index is 623. The third-order valence-corrected chi connectivity index (χ3v) is 3.69. The molecule has 1 amide bonds. The van der Waals surface area contributed by atoms with Crippen LogP contribution in [0.15, 0.2) is 40.8 Å². The van der Waals surface area contributed by atoms with Gasteiger partial charge >= 0.3 is 0 Å². The molecule has 0 spiro atoms. The summed E-state index contributed by atoms with van der Waals surface area (Å²) >= 11 is 1.30. The first-order valence-electron chi connectivity index (χ1n) is 6.26. The van der Waals surface area contributed by atoms with Crippen LogP contribution in [0.25, 0.3) is 6.08 Å². The maximum atomic E-state index is 11.9. The third kappa shape index (κ3) is 3.66. The number of hydrogen-bond acceptors (Lipinski definition) is 5. The lowest BCUT2D eigenvalue weighted by Crippen LogP contribution is -2.19. The molecule has 21 heavy (non-hydrogen) atoms. The Labute approximate surface area is 127 Å². The summed E-state index contributed by atoms with van der Waals surface area (Å²) < 4.78 is 10.5. The molecule has 0 saturated carbocycles. The quantitative estimate of drug-likeness (QED) is 0.670. The van der Waals surface area contributed by atoms with Crippen molar-refractivity contribution < 1.29 is 14.3 Å². The molecule has 1 aromatic carbocycles. The highest BCUT2D eigenvalue weighted by Gasteiger charge is 2.23. The Hall–Kier alpha value is -2.21. The number of ether oxygens (including phenoxy) is 2. The molecular weight excluding hydrogens is 288 g/mol. The largest absolute Gasteiger partial charge is 0.497 e. The molecule has 1 aliphatic heterocycles. The number of carbonyl (C=O) groups excluding carboxylic acids is 1. The molecule has 6 heteroatoms. The lowest BCUT2D eigenvalue weighted by Gasteiger charge is -2.07. The lowest BCUT2D eigenvalue weighted by molar-refractivity contribution is -0.115. The standard InChI is InChI=1S/C15H16N2O3S/c1-4-7-16-15-17-14(18)13(21-15)8-10-5-6-11(19-2)9-12(10)20-3/h4-6,8-9H,1,7H2,2-3H3,(H,16,17,18)/b13-8-. The van der Waals surface area contributed by atoms with Crippen LogP contribution in [0.3, 0.4) is 0 Å². The normalized spacial score (nSPS) is 17.9. The highest BCUT2D eigenvalue weighted by molar-refractivity contribution is 8.18. The Kier molecular flexibility index (Phi) is 5.05. The lowest BCUT2D eigenvalue weighted by atomic mass is 10.1. The number of nitrogens with one attached hydrogen (secondary N) is 1. The van der Waals surface area contributed by atoms with Crippen molar-refractivity contribution in [3.63, 3.8) is 0 Å². The van der Waals surface area contributed by atoms with Crippen LogP contribution in [0.2, 0.25) is 0 Å². The molecule has 110 valence electrons. The summed E-state index contributed by atoms with van der Waals surface area (Å²) in [5.74, 6) is 1.18. The van der Waals surface area contributed by atoms with Crippen molar-refractivity contribution in [1.29, 1.82) is 0 Å². The molecule has 0 aromatic heterocycles. The van der Waals surface area contributed by atoms with Crippen LogP contribution in [-0.4, -0.2) is 31.8 Å². The number of thioether (sulfide) groups is 1. The number of aliphatic imine (C=N–C) groups is 1. The van der Waals surface area contributed by atoms with Crippen LogP contribution in [0, 0.1) is 0 Å². The van der Waals surface area contributed by atoms with Gasteiger partial charge in [0.25, 0.3) is 5.91 Å². The zero-order valence-corrected chi connectivity index (χ0v) is 12.7. The van der Waals surface area contributed by atoms with E-state index >= 15 is 0 Å². The van der Waals surface area contributed by atoms with Gasteiger partial charge in [0, 0.05) is 11.6 Å². The highest BCUT2D eigenvalue weighted by atomic mass is 32.2. The van der Waals surface area contributed by atoms with Gasteiger partial charge in [0.05, 0.1) is 25.7 Å². The molecule has 1 saturated heterocycles. The Morgan fingerprint density at radius 1 is 1.38 bits per heavy atom. The van der Waals surface area contributed by atoms with Crippen molar-refractivity contribution in [2.24, 2.45) is 4.99 Å². The van der Waals surface area contributed by atoms with E-state index in [1.807, 2.05) is 12.1 Å². The van der Waals surface area contributed by atoms with Crippen LogP contribution in [0.5, 0.6) is 11.5 Å². The fourth-order valence-corrected chi connectivity index (χ4v) is 2.55. The number of hydrogen-bond donors (Lipinski definition) is 1. The smallest absolute Gasteiger partial charge is 0.264 e. The summed E-state index contributed by atoms with van der Waals surface area (Å²) in [4.78, 5) is 16.7. The molecule has 0 aliphatic carbocycles. The molecule has 1 aliphatic rings. The molecule has 0 unspecified atom stereocenters. The van der Waals surface area contributed by atoms with Gasteiger partial charge in [-0.3, -0.25) is 9.79 Å². The number of rotatable bonds is 5. The van der Waals surface area contributed by atoms with Gasteiger partial charge < -0.3 is 14.8 Å². The summed E-state index contributed by atoms with van der Waals surface area (Å²) in [5, 5.41) is 3.29. The van der Waals surface area contributed by atoms with Gasteiger partial charge in [-0.25, -0.2) is 0 Å². The Morgan fingerprint density at radius 3 is 2.86 bits per heavy atom. The Morgan fingerprint density at radius 2 is 2.19 bits per heavy atom. The highest BCUT2D eigenvalue weighted by Crippen LogP contribution is 2.31. The summed E-state index contributed by atoms with van der Waals surface area (Å²) in [6, 6.07) is 5.44. The molecule has 2 rings (SSSR count). The second kappa shape index (κ2) is 6.99. The van der Waals surface area contributed by atoms with E-state index in [0.717, 1.165) is 5.56 Å². The topological polar surface area (TPSA) is 59.9 Å². The fourth-order valence-electron chi connectivity index (χ4n) is 1.73. The van der Waals surface area contributed by atoms with E-state index in [1.54, 1.807) is 32.4 Å². The number of amidine groups is 1. The minimum Gasteiger partial charge on any atom is -0.497 e. The number of nitrogens with zero attached hydrogens (tertiary/aromatic N) is 1. The van der Waals surface area contributed by atoms with E-state index in [2.05, 4.69) is 16.9 Å². The zero-order valence-electron chi connectivity index (χ0n) is 11.9. The molecule has 0 atom stereocenters. The summed E-state index contributed by atoms with van der Waals surface area (Å²) in [6.45, 7) is 4.07. The van der Waals surface area contributed by atoms with Crippen LogP contribution in [-0.2, 0) is 4.79 Å². The van der Waals surface area contributed by atoms with Crippen molar-refractivity contribution in [3.8, 4) is 11.5 Å². The van der Waals surface area contributed by atoms with Crippen LogP contribution >= 0.6 is 11.8 Å². The van der Waals surface area contributed by atoms with Crippen molar-refractivity contribution in [1.82, 2.24) is 5.32 Å². The average Bonchev–Trinajstić information content (AvgIpc) is 2.85. The predicted molar refractivity (Wildman–Crippen MR) is 85.8 cm³/mol. The first kappa shape index (κ1) is 15.2. The van der Waals surface area contributed by atoms with E-state index in [0.29, 0.717) is 28.1 Å². The first-order chi connectivity index (χ1) is 10.2. The van der Waals surface area contributed by atoms with Gasteiger partial charge in [-0.2, -0.15) is 0 Å².